The van der Waals surface area contributed by atoms with Gasteiger partial charge in [0, 0.05) is 13.1 Å². The molecule has 0 aromatic rings. The van der Waals surface area contributed by atoms with Crippen LogP contribution in [0.2, 0.25) is 0 Å². The Labute approximate surface area is 93.4 Å². The predicted octanol–water partition coefficient (Wildman–Crippen LogP) is -0.807. The van der Waals surface area contributed by atoms with E-state index < -0.39 is 24.6 Å². The summed E-state index contributed by atoms with van der Waals surface area (Å²) in [6, 6.07) is -0.433. The molecule has 16 heavy (non-hydrogen) atoms. The largest absolute Gasteiger partial charge is 0.480 e. The monoisotopic (exact) mass is 226 g/mol. The number of terminal acetylenes is 1. The highest BCUT2D eigenvalue weighted by Gasteiger charge is 2.28. The van der Waals surface area contributed by atoms with Crippen molar-refractivity contribution in [2.45, 2.75) is 12.5 Å². The summed E-state index contributed by atoms with van der Waals surface area (Å²) in [7, 11) is 0. The third-order valence-electron chi connectivity index (χ3n) is 2.31. The molecule has 0 aliphatic carbocycles. The Hall–Kier alpha value is -1.74. The molecule has 1 aliphatic heterocycles. The lowest BCUT2D eigenvalue weighted by molar-refractivity contribution is -0.137. The minimum atomic E-state index is -1.11. The fraction of sp³-hybridized carbons (Fsp3) is 0.600. The number of hydrogen-bond donors (Lipinski definition) is 2. The summed E-state index contributed by atoms with van der Waals surface area (Å²) in [4.78, 5) is 24.8. The SMILES string of the molecule is C#CCN(CC(=O)O)C(=O)N1CCC(O)C1. The summed E-state index contributed by atoms with van der Waals surface area (Å²) in [6.07, 6.45) is 5.05. The highest BCUT2D eigenvalue weighted by molar-refractivity contribution is 5.80. The third-order valence-corrected chi connectivity index (χ3v) is 2.31. The van der Waals surface area contributed by atoms with Crippen LogP contribution in [-0.4, -0.2) is 64.3 Å². The van der Waals surface area contributed by atoms with Gasteiger partial charge in [-0.15, -0.1) is 6.42 Å². The summed E-state index contributed by atoms with van der Waals surface area (Å²) in [6.45, 7) is 0.202. The first-order valence-electron chi connectivity index (χ1n) is 4.91. The topological polar surface area (TPSA) is 81.1 Å². The summed E-state index contributed by atoms with van der Waals surface area (Å²) in [5, 5.41) is 17.9. The van der Waals surface area contributed by atoms with Gasteiger partial charge in [-0.25, -0.2) is 4.79 Å². The average Bonchev–Trinajstić information content (AvgIpc) is 2.62. The second-order valence-corrected chi connectivity index (χ2v) is 3.63. The number of aliphatic carboxylic acids is 1. The predicted molar refractivity (Wildman–Crippen MR) is 55.6 cm³/mol. The Balaban J connectivity index is 2.60. The molecular formula is C10H14N2O4. The number of carboxylic acid groups (broad SMARTS) is 1. The number of hydrogen-bond acceptors (Lipinski definition) is 3. The zero-order valence-electron chi connectivity index (χ0n) is 8.80. The summed E-state index contributed by atoms with van der Waals surface area (Å²) in [5.41, 5.74) is 0. The number of rotatable bonds is 3. The lowest BCUT2D eigenvalue weighted by atomic mass is 10.3. The van der Waals surface area contributed by atoms with Crippen LogP contribution in [0.5, 0.6) is 0 Å². The Kier molecular flexibility index (Phi) is 4.14. The number of aliphatic hydroxyl groups is 1. The number of carboxylic acids is 1. The fourth-order valence-corrected chi connectivity index (χ4v) is 1.58. The van der Waals surface area contributed by atoms with Crippen molar-refractivity contribution in [3.8, 4) is 12.3 Å². The van der Waals surface area contributed by atoms with Crippen LogP contribution in [0.25, 0.3) is 0 Å². The molecule has 0 aromatic carbocycles. The van der Waals surface area contributed by atoms with Gasteiger partial charge in [-0.2, -0.15) is 0 Å². The van der Waals surface area contributed by atoms with E-state index in [2.05, 4.69) is 5.92 Å². The molecule has 6 heteroatoms. The van der Waals surface area contributed by atoms with E-state index in [4.69, 9.17) is 11.5 Å². The molecule has 1 saturated heterocycles. The molecule has 2 N–H and O–H groups in total. The van der Waals surface area contributed by atoms with Gasteiger partial charge < -0.3 is 20.0 Å². The number of amides is 2. The minimum absolute atomic E-state index is 0.0439. The van der Waals surface area contributed by atoms with Crippen LogP contribution in [0.15, 0.2) is 0 Å². The van der Waals surface area contributed by atoms with E-state index >= 15 is 0 Å². The molecule has 88 valence electrons. The van der Waals surface area contributed by atoms with Crippen molar-refractivity contribution >= 4 is 12.0 Å². The quantitative estimate of drug-likeness (QED) is 0.617. The molecule has 0 saturated carbocycles. The van der Waals surface area contributed by atoms with Crippen molar-refractivity contribution in [3.05, 3.63) is 0 Å². The first-order valence-corrected chi connectivity index (χ1v) is 4.91. The van der Waals surface area contributed by atoms with Crippen LogP contribution in [0.1, 0.15) is 6.42 Å². The van der Waals surface area contributed by atoms with Crippen molar-refractivity contribution < 1.29 is 19.8 Å². The first-order chi connectivity index (χ1) is 7.54. The van der Waals surface area contributed by atoms with Gasteiger partial charge in [0.05, 0.1) is 12.6 Å². The summed E-state index contributed by atoms with van der Waals surface area (Å²) in [5.74, 6) is 1.13. The van der Waals surface area contributed by atoms with E-state index in [1.54, 1.807) is 0 Å². The molecule has 1 fully saturated rings. The normalized spacial score (nSPS) is 19.2. The van der Waals surface area contributed by atoms with Gasteiger partial charge in [-0.1, -0.05) is 5.92 Å². The molecule has 1 unspecified atom stereocenters. The van der Waals surface area contributed by atoms with Crippen LogP contribution in [-0.2, 0) is 4.79 Å². The maximum Gasteiger partial charge on any atom is 0.323 e. The van der Waals surface area contributed by atoms with Gasteiger partial charge in [-0.3, -0.25) is 4.79 Å². The van der Waals surface area contributed by atoms with E-state index in [1.807, 2.05) is 0 Å². The van der Waals surface area contributed by atoms with Gasteiger partial charge >= 0.3 is 12.0 Å². The van der Waals surface area contributed by atoms with Crippen molar-refractivity contribution in [2.24, 2.45) is 0 Å². The second-order valence-electron chi connectivity index (χ2n) is 3.63. The second kappa shape index (κ2) is 5.37. The number of aliphatic hydroxyl groups excluding tert-OH is 1. The number of β-amino-alcohol motifs (C(OH)–C–C–N with tert-alkyl or cyclic N) is 1. The van der Waals surface area contributed by atoms with Gasteiger partial charge in [0.15, 0.2) is 0 Å². The lowest BCUT2D eigenvalue weighted by Gasteiger charge is -2.24. The zero-order valence-corrected chi connectivity index (χ0v) is 8.80. The maximum atomic E-state index is 11.8. The number of nitrogens with zero attached hydrogens (tertiary/aromatic N) is 2. The molecule has 0 radical (unpaired) electrons. The van der Waals surface area contributed by atoms with Gasteiger partial charge in [0.1, 0.15) is 6.54 Å². The number of likely N-dealkylation sites (tertiary alicyclic amines) is 1. The standard InChI is InChI=1S/C10H14N2O4/c1-2-4-11(7-9(14)15)10(16)12-5-3-8(13)6-12/h1,8,13H,3-7H2,(H,14,15). The highest BCUT2D eigenvalue weighted by Crippen LogP contribution is 2.11. The van der Waals surface area contributed by atoms with Crippen molar-refractivity contribution in [1.82, 2.24) is 9.80 Å². The van der Waals surface area contributed by atoms with Crippen LogP contribution < -0.4 is 0 Å². The van der Waals surface area contributed by atoms with Gasteiger partial charge in [-0.05, 0) is 6.42 Å². The smallest absolute Gasteiger partial charge is 0.323 e. The first kappa shape index (κ1) is 12.3. The molecule has 2 amide bonds. The molecule has 6 nitrogen and oxygen atoms in total. The molecule has 1 rings (SSSR count). The molecule has 1 aliphatic rings. The molecule has 1 heterocycles. The summed E-state index contributed by atoms with van der Waals surface area (Å²) < 4.78 is 0. The van der Waals surface area contributed by atoms with E-state index in [-0.39, 0.29) is 13.1 Å². The Morgan fingerprint density at radius 1 is 1.56 bits per heavy atom. The van der Waals surface area contributed by atoms with Crippen molar-refractivity contribution in [2.75, 3.05) is 26.2 Å². The molecular weight excluding hydrogens is 212 g/mol. The van der Waals surface area contributed by atoms with Crippen LogP contribution in [0, 0.1) is 12.3 Å². The van der Waals surface area contributed by atoms with Gasteiger partial charge in [0.25, 0.3) is 0 Å². The van der Waals surface area contributed by atoms with E-state index in [1.165, 1.54) is 4.90 Å². The van der Waals surface area contributed by atoms with Gasteiger partial charge in [0.2, 0.25) is 0 Å². The molecule has 0 aromatic heterocycles. The fourth-order valence-electron chi connectivity index (χ4n) is 1.58. The maximum absolute atomic E-state index is 11.8. The third kappa shape index (κ3) is 3.14. The Morgan fingerprint density at radius 2 is 2.25 bits per heavy atom. The molecule has 0 spiro atoms. The van der Waals surface area contributed by atoms with Crippen LogP contribution in [0.3, 0.4) is 0 Å². The number of carbonyl (C=O) groups is 2. The van der Waals surface area contributed by atoms with Crippen molar-refractivity contribution in [3.63, 3.8) is 0 Å². The highest BCUT2D eigenvalue weighted by atomic mass is 16.4. The number of urea groups is 1. The van der Waals surface area contributed by atoms with E-state index in [0.29, 0.717) is 13.0 Å². The minimum Gasteiger partial charge on any atom is -0.480 e. The molecule has 0 bridgehead atoms. The Bertz CT molecular complexity index is 323. The van der Waals surface area contributed by atoms with Crippen molar-refractivity contribution in [1.29, 1.82) is 0 Å². The summed E-state index contributed by atoms with van der Waals surface area (Å²) >= 11 is 0. The lowest BCUT2D eigenvalue weighted by Crippen LogP contribution is -2.44. The van der Waals surface area contributed by atoms with Crippen LogP contribution >= 0.6 is 0 Å². The van der Waals surface area contributed by atoms with Crippen LogP contribution in [0.4, 0.5) is 4.79 Å². The Morgan fingerprint density at radius 3 is 2.69 bits per heavy atom. The average molecular weight is 226 g/mol. The molecule has 1 atom stereocenters. The van der Waals surface area contributed by atoms with E-state index in [0.717, 1.165) is 4.90 Å². The van der Waals surface area contributed by atoms with E-state index in [9.17, 15) is 14.7 Å². The number of carbonyl (C=O) groups excluding carboxylic acids is 1. The zero-order chi connectivity index (χ0) is 12.1.